The van der Waals surface area contributed by atoms with E-state index in [1.165, 1.54) is 89.9 Å². The van der Waals surface area contributed by atoms with Crippen molar-refractivity contribution in [2.45, 2.75) is 161 Å². The fraction of sp³-hybridized carbons (Fsp3) is 0.829. The number of unbranched alkanes of at least 4 members (excludes halogenated alkanes) is 18. The highest BCUT2D eigenvalue weighted by Crippen LogP contribution is 2.19. The summed E-state index contributed by atoms with van der Waals surface area (Å²) in [6.45, 7) is 4.79. The molecule has 0 aliphatic carbocycles. The normalized spacial score (nSPS) is 14.6. The van der Waals surface area contributed by atoms with Gasteiger partial charge in [0.15, 0.2) is 6.61 Å². The second kappa shape index (κ2) is 27.5. The molecule has 2 amide bonds. The number of nitrogens with one attached hydrogen (secondary N) is 2. The number of aliphatic hydroxyl groups excluding tert-OH is 1. The van der Waals surface area contributed by atoms with E-state index in [-0.39, 0.29) is 25.0 Å². The molecule has 0 aromatic rings. The third kappa shape index (κ3) is 21.6. The van der Waals surface area contributed by atoms with Gasteiger partial charge in [-0.05, 0) is 19.3 Å². The van der Waals surface area contributed by atoms with E-state index in [1.54, 1.807) is 0 Å². The van der Waals surface area contributed by atoms with E-state index in [0.29, 0.717) is 13.1 Å². The van der Waals surface area contributed by atoms with Gasteiger partial charge >= 0.3 is 18.2 Å². The Morgan fingerprint density at radius 2 is 1.16 bits per heavy atom. The van der Waals surface area contributed by atoms with Crippen LogP contribution in [0.5, 0.6) is 0 Å². The number of amides is 2. The number of carbonyl (C=O) groups is 4. The van der Waals surface area contributed by atoms with Gasteiger partial charge in [-0.1, -0.05) is 129 Å². The standard InChI is InChI=1S/C35H62N2O8/c1-3-5-7-9-11-13-15-17-19-21-25-36-34(41)44-27-29(23-24-30(38)32-31(39)28-43-33(32)40)45-35(42)37-26-22-20-18-16-14-12-10-8-6-4-2/h29,38H,3-28H2,1-2H3,(H,36,41)(H,37,42). The molecule has 45 heavy (non-hydrogen) atoms. The van der Waals surface area contributed by atoms with E-state index in [4.69, 9.17) is 9.47 Å². The zero-order chi connectivity index (χ0) is 33.0. The number of hydrogen-bond donors (Lipinski definition) is 3. The van der Waals surface area contributed by atoms with Crippen molar-refractivity contribution in [1.82, 2.24) is 10.6 Å². The van der Waals surface area contributed by atoms with Crippen LogP contribution in [-0.2, 0) is 23.8 Å². The monoisotopic (exact) mass is 638 g/mol. The number of allylic oxidation sites excluding steroid dienone is 1. The molecule has 1 aliphatic rings. The number of alkyl carbamates (subject to hydrolysis) is 2. The summed E-state index contributed by atoms with van der Waals surface area (Å²) in [4.78, 5) is 48.3. The number of cyclic esters (lactones) is 1. The highest BCUT2D eigenvalue weighted by Gasteiger charge is 2.32. The van der Waals surface area contributed by atoms with Gasteiger partial charge < -0.3 is 30.0 Å². The first kappa shape index (κ1) is 40.2. The Labute approximate surface area is 271 Å². The Balaban J connectivity index is 2.35. The Kier molecular flexibility index (Phi) is 24.6. The minimum Gasteiger partial charge on any atom is -0.511 e. The zero-order valence-corrected chi connectivity index (χ0v) is 28.3. The van der Waals surface area contributed by atoms with Gasteiger partial charge in [-0.25, -0.2) is 14.4 Å². The summed E-state index contributed by atoms with van der Waals surface area (Å²) in [5.41, 5.74) is -0.380. The largest absolute Gasteiger partial charge is 0.511 e. The molecule has 0 saturated carbocycles. The molecule has 1 atom stereocenters. The lowest BCUT2D eigenvalue weighted by Crippen LogP contribution is -2.34. The second-order valence-electron chi connectivity index (χ2n) is 12.2. The van der Waals surface area contributed by atoms with Crippen molar-refractivity contribution in [2.24, 2.45) is 0 Å². The summed E-state index contributed by atoms with van der Waals surface area (Å²) in [6.07, 6.45) is 21.7. The van der Waals surface area contributed by atoms with Gasteiger partial charge in [0.1, 0.15) is 24.0 Å². The van der Waals surface area contributed by atoms with Crippen molar-refractivity contribution in [2.75, 3.05) is 26.3 Å². The van der Waals surface area contributed by atoms with Crippen molar-refractivity contribution in [1.29, 1.82) is 0 Å². The summed E-state index contributed by atoms with van der Waals surface area (Å²) in [5.74, 6) is -1.88. The zero-order valence-electron chi connectivity index (χ0n) is 28.3. The summed E-state index contributed by atoms with van der Waals surface area (Å²) in [5, 5.41) is 15.8. The van der Waals surface area contributed by atoms with E-state index in [1.807, 2.05) is 0 Å². The summed E-state index contributed by atoms with van der Waals surface area (Å²) in [7, 11) is 0. The Hall–Kier alpha value is -2.78. The van der Waals surface area contributed by atoms with Crippen LogP contribution in [0.3, 0.4) is 0 Å². The van der Waals surface area contributed by atoms with Crippen LogP contribution in [0.25, 0.3) is 0 Å². The summed E-state index contributed by atoms with van der Waals surface area (Å²) in [6, 6.07) is 0. The van der Waals surface area contributed by atoms with E-state index in [9.17, 15) is 24.3 Å². The van der Waals surface area contributed by atoms with Gasteiger partial charge in [-0.15, -0.1) is 0 Å². The molecular weight excluding hydrogens is 576 g/mol. The minimum absolute atomic E-state index is 0.0489. The predicted octanol–water partition coefficient (Wildman–Crippen LogP) is 8.37. The Morgan fingerprint density at radius 1 is 0.711 bits per heavy atom. The molecule has 0 radical (unpaired) electrons. The Morgan fingerprint density at radius 3 is 1.60 bits per heavy atom. The first-order chi connectivity index (χ1) is 21.9. The maximum absolute atomic E-state index is 12.5. The Bertz CT molecular complexity index is 843. The number of rotatable bonds is 28. The van der Waals surface area contributed by atoms with Crippen LogP contribution in [-0.4, -0.2) is 61.5 Å². The lowest BCUT2D eigenvalue weighted by molar-refractivity contribution is -0.135. The molecule has 0 aromatic heterocycles. The third-order valence-corrected chi connectivity index (χ3v) is 8.08. The van der Waals surface area contributed by atoms with Gasteiger partial charge in [0, 0.05) is 19.5 Å². The van der Waals surface area contributed by atoms with Crippen molar-refractivity contribution in [3.63, 3.8) is 0 Å². The van der Waals surface area contributed by atoms with Crippen LogP contribution in [0, 0.1) is 0 Å². The van der Waals surface area contributed by atoms with Gasteiger partial charge in [0.2, 0.25) is 5.78 Å². The lowest BCUT2D eigenvalue weighted by atomic mass is 10.1. The smallest absolute Gasteiger partial charge is 0.407 e. The second-order valence-corrected chi connectivity index (χ2v) is 12.2. The number of esters is 1. The van der Waals surface area contributed by atoms with Gasteiger partial charge in [0.25, 0.3) is 0 Å². The van der Waals surface area contributed by atoms with Crippen LogP contribution in [0.1, 0.15) is 155 Å². The quantitative estimate of drug-likeness (QED) is 0.0194. The van der Waals surface area contributed by atoms with Crippen molar-refractivity contribution in [3.05, 3.63) is 11.3 Å². The van der Waals surface area contributed by atoms with E-state index >= 15 is 0 Å². The lowest BCUT2D eigenvalue weighted by Gasteiger charge is -2.18. The molecule has 1 unspecified atom stereocenters. The molecule has 10 heteroatoms. The summed E-state index contributed by atoms with van der Waals surface area (Å²) >= 11 is 0. The summed E-state index contributed by atoms with van der Waals surface area (Å²) < 4.78 is 15.4. The average molecular weight is 639 g/mol. The number of ketones is 1. The van der Waals surface area contributed by atoms with E-state index in [2.05, 4.69) is 29.2 Å². The highest BCUT2D eigenvalue weighted by molar-refractivity contribution is 6.22. The van der Waals surface area contributed by atoms with E-state index in [0.717, 1.165) is 38.5 Å². The maximum Gasteiger partial charge on any atom is 0.407 e. The first-order valence-electron chi connectivity index (χ1n) is 17.9. The maximum atomic E-state index is 12.5. The molecule has 0 bridgehead atoms. The molecule has 1 fully saturated rings. The number of hydrogen-bond acceptors (Lipinski definition) is 8. The third-order valence-electron chi connectivity index (χ3n) is 8.08. The molecule has 10 nitrogen and oxygen atoms in total. The first-order valence-corrected chi connectivity index (χ1v) is 17.9. The van der Waals surface area contributed by atoms with Crippen LogP contribution >= 0.6 is 0 Å². The number of carbonyl (C=O) groups excluding carboxylic acids is 4. The average Bonchev–Trinajstić information content (AvgIpc) is 3.37. The predicted molar refractivity (Wildman–Crippen MR) is 176 cm³/mol. The molecule has 3 N–H and O–H groups in total. The van der Waals surface area contributed by atoms with Crippen LogP contribution in [0.4, 0.5) is 9.59 Å². The van der Waals surface area contributed by atoms with Crippen molar-refractivity contribution < 1.29 is 38.5 Å². The number of ether oxygens (including phenoxy) is 3. The van der Waals surface area contributed by atoms with Gasteiger partial charge in [0.05, 0.1) is 0 Å². The van der Waals surface area contributed by atoms with Gasteiger partial charge in [-0.3, -0.25) is 4.79 Å². The molecule has 0 aromatic carbocycles. The van der Waals surface area contributed by atoms with Crippen LogP contribution in [0.15, 0.2) is 11.3 Å². The fourth-order valence-electron chi connectivity index (χ4n) is 5.29. The van der Waals surface area contributed by atoms with E-state index < -0.39 is 42.4 Å². The molecule has 1 heterocycles. The molecule has 1 saturated heterocycles. The van der Waals surface area contributed by atoms with Crippen LogP contribution < -0.4 is 10.6 Å². The highest BCUT2D eigenvalue weighted by atomic mass is 16.6. The van der Waals surface area contributed by atoms with Crippen molar-refractivity contribution in [3.8, 4) is 0 Å². The molecule has 260 valence electrons. The molecule has 1 aliphatic heterocycles. The van der Waals surface area contributed by atoms with Crippen molar-refractivity contribution >= 4 is 23.9 Å². The van der Waals surface area contributed by atoms with Gasteiger partial charge in [-0.2, -0.15) is 0 Å². The fourth-order valence-corrected chi connectivity index (χ4v) is 5.29. The topological polar surface area (TPSA) is 140 Å². The number of aliphatic hydroxyl groups is 1. The van der Waals surface area contributed by atoms with Crippen LogP contribution in [0.2, 0.25) is 0 Å². The molecule has 0 spiro atoms. The minimum atomic E-state index is -0.879. The number of Topliss-reactive ketones (excluding diaryl/α,β-unsaturated/α-hetero) is 1. The SMILES string of the molecule is CCCCCCCCCCCCNC(=O)OCC(CCC(O)=C1C(=O)COC1=O)OC(=O)NCCCCCCCCCCCC. The molecular formula is C35H62N2O8. The molecule has 1 rings (SSSR count).